The fourth-order valence-electron chi connectivity index (χ4n) is 3.01. The maximum absolute atomic E-state index is 11.3. The zero-order valence-corrected chi connectivity index (χ0v) is 16.6. The number of aldehydes is 1. The van der Waals surface area contributed by atoms with E-state index in [9.17, 15) is 4.79 Å². The van der Waals surface area contributed by atoms with Crippen molar-refractivity contribution in [1.29, 1.82) is 0 Å². The van der Waals surface area contributed by atoms with Crippen molar-refractivity contribution < 1.29 is 23.7 Å². The number of hydrogen-bond donors (Lipinski definition) is 0. The van der Waals surface area contributed by atoms with Crippen LogP contribution < -0.4 is 18.9 Å². The lowest BCUT2D eigenvalue weighted by Gasteiger charge is -2.20. The number of carbonyl (C=O) groups excluding carboxylic acids is 1. The quantitative estimate of drug-likeness (QED) is 0.472. The van der Waals surface area contributed by atoms with Crippen LogP contribution in [0.1, 0.15) is 16.7 Å². The van der Waals surface area contributed by atoms with Crippen LogP contribution in [-0.4, -0.2) is 20.5 Å². The molecule has 5 heteroatoms. The topological polar surface area (TPSA) is 54.0 Å². The second kappa shape index (κ2) is 10.2. The van der Waals surface area contributed by atoms with Gasteiger partial charge in [-0.2, -0.15) is 0 Å². The van der Waals surface area contributed by atoms with Crippen LogP contribution in [0.2, 0.25) is 0 Å². The van der Waals surface area contributed by atoms with E-state index in [2.05, 4.69) is 0 Å². The van der Waals surface area contributed by atoms with E-state index >= 15 is 0 Å². The molecule has 0 bridgehead atoms. The first-order chi connectivity index (χ1) is 14.3. The highest BCUT2D eigenvalue weighted by Gasteiger charge is 2.22. The van der Waals surface area contributed by atoms with Gasteiger partial charge in [0.2, 0.25) is 5.75 Å². The van der Waals surface area contributed by atoms with Crippen LogP contribution >= 0.6 is 0 Å². The van der Waals surface area contributed by atoms with Crippen molar-refractivity contribution in [3.63, 3.8) is 0 Å². The highest BCUT2D eigenvalue weighted by atomic mass is 16.5. The molecule has 0 aromatic heterocycles. The van der Waals surface area contributed by atoms with Crippen LogP contribution in [-0.2, 0) is 24.4 Å². The molecule has 0 atom stereocenters. The Labute approximate surface area is 170 Å². The molecule has 0 radical (unpaired) electrons. The van der Waals surface area contributed by atoms with Crippen molar-refractivity contribution in [3.05, 3.63) is 83.4 Å². The van der Waals surface area contributed by atoms with E-state index in [0.29, 0.717) is 41.8 Å². The number of benzene rings is 3. The monoisotopic (exact) mass is 392 g/mol. The Morgan fingerprint density at radius 3 is 1.83 bits per heavy atom. The van der Waals surface area contributed by atoms with Gasteiger partial charge in [-0.1, -0.05) is 60.7 Å². The molecule has 0 N–H and O–H groups in total. The Bertz CT molecular complexity index is 923. The molecular formula is C24H24O5. The second-order valence-corrected chi connectivity index (χ2v) is 6.34. The van der Waals surface area contributed by atoms with Gasteiger partial charge >= 0.3 is 0 Å². The number of ether oxygens (including phenoxy) is 4. The first kappa shape index (κ1) is 20.3. The van der Waals surface area contributed by atoms with E-state index in [-0.39, 0.29) is 6.42 Å². The predicted octanol–water partition coefficient (Wildman–Crippen LogP) is 4.60. The average Bonchev–Trinajstić information content (AvgIpc) is 2.78. The van der Waals surface area contributed by atoms with Crippen molar-refractivity contribution in [2.24, 2.45) is 0 Å². The van der Waals surface area contributed by atoms with E-state index in [0.717, 1.165) is 17.4 Å². The summed E-state index contributed by atoms with van der Waals surface area (Å²) >= 11 is 0. The first-order valence-electron chi connectivity index (χ1n) is 9.31. The Morgan fingerprint density at radius 2 is 1.31 bits per heavy atom. The minimum absolute atomic E-state index is 0.138. The van der Waals surface area contributed by atoms with Gasteiger partial charge in [0.1, 0.15) is 25.2 Å². The third-order valence-corrected chi connectivity index (χ3v) is 4.44. The lowest BCUT2D eigenvalue weighted by molar-refractivity contribution is -0.107. The summed E-state index contributed by atoms with van der Waals surface area (Å²) in [5, 5.41) is 0. The molecule has 0 heterocycles. The first-order valence-corrected chi connectivity index (χ1v) is 9.31. The maximum Gasteiger partial charge on any atom is 0.204 e. The van der Waals surface area contributed by atoms with Crippen LogP contribution in [0.15, 0.2) is 66.7 Å². The van der Waals surface area contributed by atoms with Crippen LogP contribution in [0.3, 0.4) is 0 Å². The Kier molecular flexibility index (Phi) is 7.11. The molecule has 5 nitrogen and oxygen atoms in total. The number of methoxy groups -OCH3 is 2. The van der Waals surface area contributed by atoms with Gasteiger partial charge in [-0.05, 0) is 11.1 Å². The van der Waals surface area contributed by atoms with Gasteiger partial charge in [0, 0.05) is 18.1 Å². The highest BCUT2D eigenvalue weighted by Crippen LogP contribution is 2.46. The van der Waals surface area contributed by atoms with Gasteiger partial charge < -0.3 is 23.7 Å². The molecule has 0 spiro atoms. The summed E-state index contributed by atoms with van der Waals surface area (Å²) < 4.78 is 23.2. The van der Waals surface area contributed by atoms with E-state index in [1.54, 1.807) is 20.3 Å². The molecule has 29 heavy (non-hydrogen) atoms. The molecule has 3 aromatic rings. The van der Waals surface area contributed by atoms with Gasteiger partial charge in [0.05, 0.1) is 14.2 Å². The SMILES string of the molecule is COc1cc(OCc2ccccc2)c(CC=O)c(OC)c1OCc1ccccc1. The molecule has 3 aromatic carbocycles. The van der Waals surface area contributed by atoms with Crippen LogP contribution in [0, 0.1) is 0 Å². The molecule has 0 saturated carbocycles. The van der Waals surface area contributed by atoms with Crippen molar-refractivity contribution in [1.82, 2.24) is 0 Å². The average molecular weight is 392 g/mol. The van der Waals surface area contributed by atoms with Gasteiger partial charge in [-0.3, -0.25) is 0 Å². The standard InChI is InChI=1S/C24H24O5/c1-26-22-15-21(28-16-18-9-5-3-6-10-18)20(13-14-25)23(27-2)24(22)29-17-19-11-7-4-8-12-19/h3-12,14-15H,13,16-17H2,1-2H3. The Morgan fingerprint density at radius 1 is 0.724 bits per heavy atom. The minimum atomic E-state index is 0.138. The zero-order valence-electron chi connectivity index (χ0n) is 16.6. The lowest BCUT2D eigenvalue weighted by Crippen LogP contribution is -2.06. The van der Waals surface area contributed by atoms with Gasteiger partial charge in [0.15, 0.2) is 11.5 Å². The molecule has 0 saturated heterocycles. The second-order valence-electron chi connectivity index (χ2n) is 6.34. The highest BCUT2D eigenvalue weighted by molar-refractivity contribution is 5.68. The summed E-state index contributed by atoms with van der Waals surface area (Å²) in [5.41, 5.74) is 2.66. The third kappa shape index (κ3) is 5.08. The normalized spacial score (nSPS) is 10.3. The van der Waals surface area contributed by atoms with E-state index in [1.807, 2.05) is 60.7 Å². The summed E-state index contributed by atoms with van der Waals surface area (Å²) in [6.45, 7) is 0.710. The largest absolute Gasteiger partial charge is 0.493 e. The van der Waals surface area contributed by atoms with Crippen molar-refractivity contribution in [2.75, 3.05) is 14.2 Å². The molecule has 0 aliphatic heterocycles. The molecule has 0 amide bonds. The van der Waals surface area contributed by atoms with E-state index in [4.69, 9.17) is 18.9 Å². The van der Waals surface area contributed by atoms with Crippen LogP contribution in [0.4, 0.5) is 0 Å². The minimum Gasteiger partial charge on any atom is -0.493 e. The predicted molar refractivity (Wildman–Crippen MR) is 111 cm³/mol. The van der Waals surface area contributed by atoms with Crippen LogP contribution in [0.5, 0.6) is 23.0 Å². The Hall–Kier alpha value is -3.47. The maximum atomic E-state index is 11.3. The number of hydrogen-bond acceptors (Lipinski definition) is 5. The van der Waals surface area contributed by atoms with E-state index < -0.39 is 0 Å². The Balaban J connectivity index is 1.93. The summed E-state index contributed by atoms with van der Waals surface area (Å²) in [6, 6.07) is 21.3. The fourth-order valence-corrected chi connectivity index (χ4v) is 3.01. The van der Waals surface area contributed by atoms with Gasteiger partial charge in [-0.15, -0.1) is 0 Å². The summed E-state index contributed by atoms with van der Waals surface area (Å²) in [6.07, 6.45) is 0.958. The van der Waals surface area contributed by atoms with Crippen LogP contribution in [0.25, 0.3) is 0 Å². The molecule has 3 rings (SSSR count). The number of rotatable bonds is 10. The summed E-state index contributed by atoms with van der Waals surface area (Å²) in [5.74, 6) is 1.90. The van der Waals surface area contributed by atoms with Crippen molar-refractivity contribution >= 4 is 6.29 Å². The molecule has 0 unspecified atom stereocenters. The molecule has 0 aliphatic carbocycles. The molecule has 150 valence electrons. The molecule has 0 fully saturated rings. The fraction of sp³-hybridized carbons (Fsp3) is 0.208. The molecular weight excluding hydrogens is 368 g/mol. The zero-order chi connectivity index (χ0) is 20.5. The number of carbonyl (C=O) groups is 1. The van der Waals surface area contributed by atoms with Gasteiger partial charge in [0.25, 0.3) is 0 Å². The summed E-state index contributed by atoms with van der Waals surface area (Å²) in [7, 11) is 3.10. The smallest absolute Gasteiger partial charge is 0.204 e. The van der Waals surface area contributed by atoms with E-state index in [1.165, 1.54) is 0 Å². The summed E-state index contributed by atoms with van der Waals surface area (Å²) in [4.78, 5) is 11.3. The van der Waals surface area contributed by atoms with Crippen molar-refractivity contribution in [2.45, 2.75) is 19.6 Å². The van der Waals surface area contributed by atoms with Crippen molar-refractivity contribution in [3.8, 4) is 23.0 Å². The van der Waals surface area contributed by atoms with Gasteiger partial charge in [-0.25, -0.2) is 0 Å². The third-order valence-electron chi connectivity index (χ3n) is 4.44. The lowest BCUT2D eigenvalue weighted by atomic mass is 10.1. The molecule has 0 aliphatic rings.